The maximum absolute atomic E-state index is 12.8. The lowest BCUT2D eigenvalue weighted by atomic mass is 9.69. The van der Waals surface area contributed by atoms with E-state index < -0.39 is 0 Å². The lowest BCUT2D eigenvalue weighted by molar-refractivity contribution is -0.140. The minimum Gasteiger partial charge on any atom is -0.396 e. The largest absolute Gasteiger partial charge is 0.396 e. The summed E-state index contributed by atoms with van der Waals surface area (Å²) in [5.74, 6) is 0.0471. The van der Waals surface area contributed by atoms with Gasteiger partial charge < -0.3 is 14.9 Å². The molecule has 0 radical (unpaired) electrons. The summed E-state index contributed by atoms with van der Waals surface area (Å²) in [6.07, 6.45) is 3.02. The molecule has 1 aromatic carbocycles. The number of piperidine rings is 2. The smallest absolute Gasteiger partial charge is 0.246 e. The van der Waals surface area contributed by atoms with Gasteiger partial charge in [-0.2, -0.15) is 15.0 Å². The van der Waals surface area contributed by atoms with Gasteiger partial charge in [-0.15, -0.1) is 0 Å². The Morgan fingerprint density at radius 3 is 2.64 bits per heavy atom. The topological polar surface area (TPSA) is 74.5 Å². The monoisotopic (exact) mass is 343 g/mol. The molecule has 7 nitrogen and oxygen atoms in total. The van der Waals surface area contributed by atoms with Crippen molar-refractivity contribution in [2.75, 3.05) is 33.3 Å². The molecule has 0 bridgehead atoms. The molecular formula is C18H25N5O2. The molecule has 134 valence electrons. The van der Waals surface area contributed by atoms with E-state index in [9.17, 15) is 9.90 Å². The van der Waals surface area contributed by atoms with Gasteiger partial charge in [0.2, 0.25) is 5.91 Å². The molecule has 2 aliphatic rings. The van der Waals surface area contributed by atoms with Gasteiger partial charge >= 0.3 is 0 Å². The van der Waals surface area contributed by atoms with Crippen LogP contribution in [0.2, 0.25) is 0 Å². The number of nitrogens with zero attached hydrogens (tertiary/aromatic N) is 5. The molecule has 2 aromatic rings. The van der Waals surface area contributed by atoms with Crippen LogP contribution < -0.4 is 0 Å². The van der Waals surface area contributed by atoms with Gasteiger partial charge in [0, 0.05) is 24.5 Å². The highest BCUT2D eigenvalue weighted by Crippen LogP contribution is 2.41. The second-order valence-corrected chi connectivity index (χ2v) is 7.43. The second-order valence-electron chi connectivity index (χ2n) is 7.43. The van der Waals surface area contributed by atoms with Crippen molar-refractivity contribution in [2.24, 2.45) is 5.41 Å². The van der Waals surface area contributed by atoms with E-state index in [4.69, 9.17) is 0 Å². The fourth-order valence-electron chi connectivity index (χ4n) is 4.44. The Morgan fingerprint density at radius 2 is 1.96 bits per heavy atom. The van der Waals surface area contributed by atoms with E-state index in [1.165, 1.54) is 4.80 Å². The molecule has 2 fully saturated rings. The van der Waals surface area contributed by atoms with Crippen LogP contribution in [0.25, 0.3) is 11.0 Å². The van der Waals surface area contributed by atoms with E-state index in [0.29, 0.717) is 13.1 Å². The average Bonchev–Trinajstić information content (AvgIpc) is 3.04. The number of carbonyl (C=O) groups excluding carboxylic acids is 1. The third kappa shape index (κ3) is 2.91. The number of carbonyl (C=O) groups is 1. The fourth-order valence-corrected chi connectivity index (χ4v) is 4.44. The van der Waals surface area contributed by atoms with E-state index in [1.54, 1.807) is 0 Å². The molecule has 7 heteroatoms. The van der Waals surface area contributed by atoms with Crippen molar-refractivity contribution in [3.8, 4) is 0 Å². The molecule has 25 heavy (non-hydrogen) atoms. The molecule has 0 saturated carbocycles. The molecule has 3 heterocycles. The molecule has 0 aliphatic carbocycles. The zero-order chi connectivity index (χ0) is 17.4. The predicted molar refractivity (Wildman–Crippen MR) is 93.9 cm³/mol. The van der Waals surface area contributed by atoms with E-state index in [2.05, 4.69) is 22.1 Å². The molecular weight excluding hydrogens is 318 g/mol. The number of fused-ring (bicyclic) bond motifs is 2. The summed E-state index contributed by atoms with van der Waals surface area (Å²) in [4.78, 5) is 18.5. The number of likely N-dealkylation sites (N-methyl/N-ethyl adjacent to an activating group) is 1. The van der Waals surface area contributed by atoms with Gasteiger partial charge in [-0.3, -0.25) is 4.79 Å². The van der Waals surface area contributed by atoms with Gasteiger partial charge in [0.1, 0.15) is 17.6 Å². The first-order valence-corrected chi connectivity index (χ1v) is 9.00. The molecule has 0 spiro atoms. The number of rotatable bonds is 3. The third-order valence-electron chi connectivity index (χ3n) is 5.97. The summed E-state index contributed by atoms with van der Waals surface area (Å²) in [6.45, 7) is 2.77. The van der Waals surface area contributed by atoms with Gasteiger partial charge in [-0.1, -0.05) is 12.1 Å². The number of benzene rings is 1. The first-order chi connectivity index (χ1) is 12.1. The quantitative estimate of drug-likeness (QED) is 0.890. The van der Waals surface area contributed by atoms with Crippen LogP contribution in [0.15, 0.2) is 24.3 Å². The number of aromatic nitrogens is 3. The Balaban J connectivity index is 1.47. The Morgan fingerprint density at radius 1 is 1.24 bits per heavy atom. The Hall–Kier alpha value is -1.99. The maximum Gasteiger partial charge on any atom is 0.246 e. The van der Waals surface area contributed by atoms with Crippen molar-refractivity contribution in [1.29, 1.82) is 0 Å². The number of aliphatic hydroxyl groups is 1. The van der Waals surface area contributed by atoms with Crippen LogP contribution in [0.1, 0.15) is 19.3 Å². The van der Waals surface area contributed by atoms with Crippen molar-refractivity contribution in [3.05, 3.63) is 24.3 Å². The highest BCUT2D eigenvalue weighted by atomic mass is 16.3. The SMILES string of the molecule is CN1CCC[C@]2(CO)CCN(C(=O)Cn3nc4ccccc4n3)C[C@@H]12. The fraction of sp³-hybridized carbons (Fsp3) is 0.611. The average molecular weight is 343 g/mol. The minimum atomic E-state index is -0.0532. The zero-order valence-electron chi connectivity index (χ0n) is 14.6. The Bertz CT molecular complexity index is 743. The normalized spacial score (nSPS) is 27.4. The van der Waals surface area contributed by atoms with Crippen molar-refractivity contribution in [3.63, 3.8) is 0 Å². The summed E-state index contributed by atoms with van der Waals surface area (Å²) < 4.78 is 0. The molecule has 4 rings (SSSR count). The summed E-state index contributed by atoms with van der Waals surface area (Å²) in [5, 5.41) is 18.7. The molecule has 1 N–H and O–H groups in total. The van der Waals surface area contributed by atoms with Gasteiger partial charge in [0.05, 0.1) is 6.61 Å². The number of likely N-dealkylation sites (tertiary alicyclic amines) is 2. The van der Waals surface area contributed by atoms with Crippen LogP contribution in [0.5, 0.6) is 0 Å². The first-order valence-electron chi connectivity index (χ1n) is 9.00. The molecule has 2 atom stereocenters. The van der Waals surface area contributed by atoms with Crippen LogP contribution in [-0.4, -0.2) is 75.1 Å². The standard InChI is InChI=1S/C18H25N5O2/c1-21-9-4-7-18(13-24)8-10-22(11-16(18)21)17(25)12-23-19-14-5-2-3-6-15(14)20-23/h2-3,5-6,16,24H,4,7-13H2,1H3/t16-,18-/m1/s1. The third-order valence-corrected chi connectivity index (χ3v) is 5.97. The molecule has 2 aliphatic heterocycles. The van der Waals surface area contributed by atoms with Crippen LogP contribution in [0.4, 0.5) is 0 Å². The van der Waals surface area contributed by atoms with E-state index >= 15 is 0 Å². The van der Waals surface area contributed by atoms with Gasteiger partial charge in [0.15, 0.2) is 0 Å². The van der Waals surface area contributed by atoms with Crippen LogP contribution in [0.3, 0.4) is 0 Å². The Labute approximate surface area is 147 Å². The van der Waals surface area contributed by atoms with E-state index in [0.717, 1.165) is 36.8 Å². The number of amides is 1. The van der Waals surface area contributed by atoms with Crippen molar-refractivity contribution in [1.82, 2.24) is 24.8 Å². The summed E-state index contributed by atoms with van der Waals surface area (Å²) in [5.41, 5.74) is 1.56. The summed E-state index contributed by atoms with van der Waals surface area (Å²) >= 11 is 0. The second kappa shape index (κ2) is 6.38. The Kier molecular flexibility index (Phi) is 4.21. The lowest BCUT2D eigenvalue weighted by Crippen LogP contribution is -2.62. The van der Waals surface area contributed by atoms with Crippen LogP contribution in [-0.2, 0) is 11.3 Å². The molecule has 2 saturated heterocycles. The molecule has 1 aromatic heterocycles. The van der Waals surface area contributed by atoms with Crippen LogP contribution in [0, 0.1) is 5.41 Å². The first kappa shape index (κ1) is 16.5. The highest BCUT2D eigenvalue weighted by Gasteiger charge is 2.47. The predicted octanol–water partition coefficient (Wildman–Crippen LogP) is 0.736. The summed E-state index contributed by atoms with van der Waals surface area (Å²) in [6, 6.07) is 7.87. The van der Waals surface area contributed by atoms with Crippen LogP contribution >= 0.6 is 0 Å². The number of hydrogen-bond acceptors (Lipinski definition) is 5. The van der Waals surface area contributed by atoms with Gasteiger partial charge in [0.25, 0.3) is 0 Å². The number of hydrogen-bond donors (Lipinski definition) is 1. The molecule has 1 amide bonds. The van der Waals surface area contributed by atoms with E-state index in [1.807, 2.05) is 29.2 Å². The zero-order valence-corrected chi connectivity index (χ0v) is 14.6. The van der Waals surface area contributed by atoms with Gasteiger partial charge in [-0.25, -0.2) is 0 Å². The van der Waals surface area contributed by atoms with Crippen molar-refractivity contribution in [2.45, 2.75) is 31.8 Å². The highest BCUT2D eigenvalue weighted by molar-refractivity contribution is 5.77. The van der Waals surface area contributed by atoms with E-state index in [-0.39, 0.29) is 30.5 Å². The van der Waals surface area contributed by atoms with Crippen molar-refractivity contribution < 1.29 is 9.90 Å². The summed E-state index contributed by atoms with van der Waals surface area (Å²) in [7, 11) is 2.10. The molecule has 0 unspecified atom stereocenters. The maximum atomic E-state index is 12.8. The van der Waals surface area contributed by atoms with Crippen molar-refractivity contribution >= 4 is 16.9 Å². The number of aliphatic hydroxyl groups excluding tert-OH is 1. The minimum absolute atomic E-state index is 0.0471. The lowest BCUT2D eigenvalue weighted by Gasteiger charge is -2.53. The van der Waals surface area contributed by atoms with Gasteiger partial charge in [-0.05, 0) is 45.0 Å².